The Morgan fingerprint density at radius 2 is 2.15 bits per heavy atom. The molecular weight excluding hydrogens is 254 g/mol. The molecule has 1 aromatic carbocycles. The van der Waals surface area contributed by atoms with Crippen molar-refractivity contribution in [1.29, 1.82) is 0 Å². The Bertz CT molecular complexity index is 498. The number of hydrogen-bond acceptors (Lipinski definition) is 3. The molecule has 0 aliphatic heterocycles. The van der Waals surface area contributed by atoms with E-state index >= 15 is 0 Å². The Kier molecular flexibility index (Phi) is 4.74. The van der Waals surface area contributed by atoms with E-state index in [1.165, 1.54) is 0 Å². The molecule has 0 heterocycles. The molecule has 20 heavy (non-hydrogen) atoms. The molecule has 1 unspecified atom stereocenters. The topological polar surface area (TPSA) is 84.2 Å². The van der Waals surface area contributed by atoms with Gasteiger partial charge in [0, 0.05) is 17.3 Å². The molecule has 1 aliphatic carbocycles. The van der Waals surface area contributed by atoms with Crippen LogP contribution in [0.15, 0.2) is 24.3 Å². The molecule has 1 aliphatic rings. The van der Waals surface area contributed by atoms with E-state index in [0.29, 0.717) is 23.7 Å². The van der Waals surface area contributed by atoms with E-state index in [4.69, 9.17) is 5.73 Å². The van der Waals surface area contributed by atoms with Crippen molar-refractivity contribution in [2.45, 2.75) is 44.7 Å². The fraction of sp³-hybridized carbons (Fsp3) is 0.467. The van der Waals surface area contributed by atoms with Crippen LogP contribution in [-0.4, -0.2) is 23.9 Å². The minimum absolute atomic E-state index is 0.0959. The second kappa shape index (κ2) is 6.52. The summed E-state index contributed by atoms with van der Waals surface area (Å²) in [6.45, 7) is 1.98. The largest absolute Gasteiger partial charge is 0.349 e. The highest BCUT2D eigenvalue weighted by atomic mass is 16.2. The van der Waals surface area contributed by atoms with Gasteiger partial charge in [-0.15, -0.1) is 0 Å². The Morgan fingerprint density at radius 1 is 1.40 bits per heavy atom. The number of hydrogen-bond donors (Lipinski definition) is 3. The maximum atomic E-state index is 11.9. The first-order valence-corrected chi connectivity index (χ1v) is 7.07. The molecule has 1 fully saturated rings. The summed E-state index contributed by atoms with van der Waals surface area (Å²) in [7, 11) is 0. The summed E-state index contributed by atoms with van der Waals surface area (Å²) >= 11 is 0. The summed E-state index contributed by atoms with van der Waals surface area (Å²) in [5, 5.41) is 5.66. The van der Waals surface area contributed by atoms with E-state index in [0.717, 1.165) is 19.3 Å². The van der Waals surface area contributed by atoms with Crippen LogP contribution in [0.25, 0.3) is 0 Å². The first kappa shape index (κ1) is 14.5. The lowest BCUT2D eigenvalue weighted by Gasteiger charge is -2.12. The Balaban J connectivity index is 1.98. The molecule has 1 saturated carbocycles. The van der Waals surface area contributed by atoms with Crippen LogP contribution in [0.1, 0.15) is 43.0 Å². The zero-order valence-electron chi connectivity index (χ0n) is 11.7. The van der Waals surface area contributed by atoms with Crippen molar-refractivity contribution < 1.29 is 9.59 Å². The average Bonchev–Trinajstić information content (AvgIpc) is 3.23. The van der Waals surface area contributed by atoms with Crippen LogP contribution in [0.5, 0.6) is 0 Å². The third-order valence-corrected chi connectivity index (χ3v) is 3.24. The maximum absolute atomic E-state index is 11.9. The van der Waals surface area contributed by atoms with Crippen LogP contribution >= 0.6 is 0 Å². The van der Waals surface area contributed by atoms with Gasteiger partial charge in [0.25, 0.3) is 5.91 Å². The molecule has 0 bridgehead atoms. The second-order valence-electron chi connectivity index (χ2n) is 5.21. The first-order valence-electron chi connectivity index (χ1n) is 7.07. The molecule has 1 atom stereocenters. The molecule has 0 saturated heterocycles. The third-order valence-electron chi connectivity index (χ3n) is 3.24. The van der Waals surface area contributed by atoms with Gasteiger partial charge < -0.3 is 16.4 Å². The zero-order chi connectivity index (χ0) is 14.5. The molecule has 1 aromatic rings. The standard InChI is InChI=1S/C15H21N3O2/c1-2-4-13(16)15(20)18-12-6-3-5-10(9-12)14(19)17-11-7-8-11/h3,5-6,9,11,13H,2,4,7-8,16H2,1H3,(H,17,19)(H,18,20). The summed E-state index contributed by atoms with van der Waals surface area (Å²) in [6.07, 6.45) is 3.61. The Labute approximate surface area is 118 Å². The van der Waals surface area contributed by atoms with Gasteiger partial charge in [0.1, 0.15) is 0 Å². The number of benzene rings is 1. The number of rotatable bonds is 6. The fourth-order valence-corrected chi connectivity index (χ4v) is 1.91. The van der Waals surface area contributed by atoms with Gasteiger partial charge in [-0.1, -0.05) is 19.4 Å². The molecule has 108 valence electrons. The van der Waals surface area contributed by atoms with Gasteiger partial charge in [0.05, 0.1) is 6.04 Å². The molecule has 0 spiro atoms. The van der Waals surface area contributed by atoms with E-state index in [9.17, 15) is 9.59 Å². The predicted octanol–water partition coefficient (Wildman–Crippen LogP) is 1.64. The molecule has 0 radical (unpaired) electrons. The molecule has 0 aromatic heterocycles. The number of anilines is 1. The van der Waals surface area contributed by atoms with Gasteiger partial charge in [-0.3, -0.25) is 9.59 Å². The van der Waals surface area contributed by atoms with E-state index in [1.807, 2.05) is 6.92 Å². The lowest BCUT2D eigenvalue weighted by molar-refractivity contribution is -0.117. The van der Waals surface area contributed by atoms with Crippen LogP contribution in [0.2, 0.25) is 0 Å². The van der Waals surface area contributed by atoms with Crippen molar-refractivity contribution in [3.05, 3.63) is 29.8 Å². The van der Waals surface area contributed by atoms with Crippen LogP contribution in [0.3, 0.4) is 0 Å². The quantitative estimate of drug-likeness (QED) is 0.738. The van der Waals surface area contributed by atoms with E-state index in [1.54, 1.807) is 24.3 Å². The number of nitrogens with one attached hydrogen (secondary N) is 2. The average molecular weight is 275 g/mol. The Hall–Kier alpha value is -1.88. The lowest BCUT2D eigenvalue weighted by Crippen LogP contribution is -2.35. The van der Waals surface area contributed by atoms with E-state index < -0.39 is 6.04 Å². The van der Waals surface area contributed by atoms with Crippen LogP contribution in [-0.2, 0) is 4.79 Å². The summed E-state index contributed by atoms with van der Waals surface area (Å²) in [5.41, 5.74) is 6.91. The smallest absolute Gasteiger partial charge is 0.251 e. The van der Waals surface area contributed by atoms with Gasteiger partial charge in [-0.2, -0.15) is 0 Å². The summed E-state index contributed by atoms with van der Waals surface area (Å²) in [5.74, 6) is -0.312. The normalized spacial score (nSPS) is 15.5. The molecule has 5 heteroatoms. The molecule has 5 nitrogen and oxygen atoms in total. The van der Waals surface area contributed by atoms with Gasteiger partial charge in [0.15, 0.2) is 0 Å². The van der Waals surface area contributed by atoms with E-state index in [2.05, 4.69) is 10.6 Å². The van der Waals surface area contributed by atoms with Crippen LogP contribution in [0.4, 0.5) is 5.69 Å². The second-order valence-corrected chi connectivity index (χ2v) is 5.21. The number of amides is 2. The van der Waals surface area contributed by atoms with Crippen molar-refractivity contribution in [3.8, 4) is 0 Å². The summed E-state index contributed by atoms with van der Waals surface area (Å²) in [4.78, 5) is 23.8. The van der Waals surface area contributed by atoms with E-state index in [-0.39, 0.29) is 11.8 Å². The zero-order valence-corrected chi connectivity index (χ0v) is 11.7. The molecular formula is C15H21N3O2. The lowest BCUT2D eigenvalue weighted by atomic mass is 10.1. The van der Waals surface area contributed by atoms with Gasteiger partial charge in [-0.25, -0.2) is 0 Å². The molecule has 2 rings (SSSR count). The highest BCUT2D eigenvalue weighted by Gasteiger charge is 2.23. The monoisotopic (exact) mass is 275 g/mol. The number of carbonyl (C=O) groups is 2. The molecule has 4 N–H and O–H groups in total. The van der Waals surface area contributed by atoms with Crippen molar-refractivity contribution >= 4 is 17.5 Å². The van der Waals surface area contributed by atoms with Gasteiger partial charge >= 0.3 is 0 Å². The van der Waals surface area contributed by atoms with Gasteiger partial charge in [-0.05, 0) is 37.5 Å². The minimum atomic E-state index is -0.510. The number of carbonyl (C=O) groups excluding carboxylic acids is 2. The van der Waals surface area contributed by atoms with Crippen molar-refractivity contribution in [1.82, 2.24) is 5.32 Å². The minimum Gasteiger partial charge on any atom is -0.349 e. The molecule has 2 amide bonds. The summed E-state index contributed by atoms with van der Waals surface area (Å²) in [6, 6.07) is 6.73. The first-order chi connectivity index (χ1) is 9.60. The summed E-state index contributed by atoms with van der Waals surface area (Å²) < 4.78 is 0. The highest BCUT2D eigenvalue weighted by molar-refractivity contribution is 5.98. The van der Waals surface area contributed by atoms with Crippen molar-refractivity contribution in [2.75, 3.05) is 5.32 Å². The maximum Gasteiger partial charge on any atom is 0.251 e. The van der Waals surface area contributed by atoms with Crippen LogP contribution < -0.4 is 16.4 Å². The van der Waals surface area contributed by atoms with Gasteiger partial charge in [0.2, 0.25) is 5.91 Å². The SMILES string of the molecule is CCCC(N)C(=O)Nc1cccc(C(=O)NC2CC2)c1. The third kappa shape index (κ3) is 4.06. The number of nitrogens with two attached hydrogens (primary N) is 1. The van der Waals surface area contributed by atoms with Crippen molar-refractivity contribution in [2.24, 2.45) is 5.73 Å². The highest BCUT2D eigenvalue weighted by Crippen LogP contribution is 2.20. The predicted molar refractivity (Wildman–Crippen MR) is 78.4 cm³/mol. The fourth-order valence-electron chi connectivity index (χ4n) is 1.91. The Morgan fingerprint density at radius 3 is 2.80 bits per heavy atom. The van der Waals surface area contributed by atoms with Crippen molar-refractivity contribution in [3.63, 3.8) is 0 Å². The van der Waals surface area contributed by atoms with Crippen LogP contribution in [0, 0.1) is 0 Å².